The van der Waals surface area contributed by atoms with Crippen LogP contribution in [-0.4, -0.2) is 41.2 Å². The van der Waals surface area contributed by atoms with E-state index in [2.05, 4.69) is 34.6 Å². The summed E-state index contributed by atoms with van der Waals surface area (Å²) in [6, 6.07) is 20.8. The van der Waals surface area contributed by atoms with E-state index in [1.54, 1.807) is 6.92 Å². The summed E-state index contributed by atoms with van der Waals surface area (Å²) in [5.74, 6) is -1.29. The van der Waals surface area contributed by atoms with Gasteiger partial charge in [-0.05, 0) is 37.3 Å². The number of esters is 1. The average molecular weight is 461 g/mol. The second-order valence-electron chi connectivity index (χ2n) is 8.56. The molecule has 34 heavy (non-hydrogen) atoms. The van der Waals surface area contributed by atoms with Gasteiger partial charge in [-0.25, -0.2) is 9.78 Å². The zero-order valence-corrected chi connectivity index (χ0v) is 19.4. The van der Waals surface area contributed by atoms with Crippen LogP contribution in [0, 0.1) is 0 Å². The number of nitrogens with one attached hydrogen (secondary N) is 1. The Balaban J connectivity index is 1.49. The van der Waals surface area contributed by atoms with E-state index >= 15 is 0 Å². The standard InChI is InChI=1S/C27H28N2O5/c1-17(29-25(31)23-24(30)22(33-3)14-15-28-23)26(32)34-18(2)27(20-12-8-5-9-13-20)16-21(27)19-10-6-4-7-11-19/h4-15,17-18,21,30H,16H2,1-3H3,(H,29,31). The van der Waals surface area contributed by atoms with Crippen LogP contribution in [0.1, 0.15) is 47.8 Å². The van der Waals surface area contributed by atoms with E-state index in [9.17, 15) is 14.7 Å². The molecule has 1 fully saturated rings. The largest absolute Gasteiger partial charge is 0.503 e. The number of methoxy groups -OCH3 is 1. The van der Waals surface area contributed by atoms with E-state index in [-0.39, 0.29) is 28.5 Å². The third-order valence-corrected chi connectivity index (χ3v) is 6.56. The Bertz CT molecular complexity index is 1170. The minimum atomic E-state index is -0.941. The SMILES string of the molecule is COc1ccnc(C(=O)NC(C)C(=O)OC(C)C2(c3ccccc3)CC2c2ccccc2)c1O. The molecule has 7 heteroatoms. The lowest BCUT2D eigenvalue weighted by Gasteiger charge is -2.27. The highest BCUT2D eigenvalue weighted by Crippen LogP contribution is 2.63. The number of carbonyl (C=O) groups is 2. The number of ether oxygens (including phenoxy) is 2. The number of aromatic hydroxyl groups is 1. The van der Waals surface area contributed by atoms with Crippen molar-refractivity contribution in [3.8, 4) is 11.5 Å². The maximum atomic E-state index is 12.9. The quantitative estimate of drug-likeness (QED) is 0.494. The number of benzene rings is 2. The van der Waals surface area contributed by atoms with Crippen LogP contribution in [0.25, 0.3) is 0 Å². The van der Waals surface area contributed by atoms with E-state index < -0.39 is 24.0 Å². The molecule has 4 rings (SSSR count). The highest BCUT2D eigenvalue weighted by atomic mass is 16.5. The Morgan fingerprint density at radius 3 is 2.35 bits per heavy atom. The van der Waals surface area contributed by atoms with Crippen molar-refractivity contribution in [3.63, 3.8) is 0 Å². The van der Waals surface area contributed by atoms with Crippen LogP contribution in [0.5, 0.6) is 11.5 Å². The fraction of sp³-hybridized carbons (Fsp3) is 0.296. The molecule has 0 spiro atoms. The van der Waals surface area contributed by atoms with E-state index in [0.29, 0.717) is 0 Å². The average Bonchev–Trinajstić information content (AvgIpc) is 3.62. The molecule has 0 aliphatic heterocycles. The first-order valence-corrected chi connectivity index (χ1v) is 11.2. The van der Waals surface area contributed by atoms with Crippen LogP contribution in [0.4, 0.5) is 0 Å². The van der Waals surface area contributed by atoms with Crippen LogP contribution in [0.3, 0.4) is 0 Å². The molecule has 176 valence electrons. The van der Waals surface area contributed by atoms with Crippen LogP contribution >= 0.6 is 0 Å². The second kappa shape index (κ2) is 9.55. The molecule has 0 radical (unpaired) electrons. The molecule has 0 bridgehead atoms. The fourth-order valence-electron chi connectivity index (χ4n) is 4.60. The number of nitrogens with zero attached hydrogens (tertiary/aromatic N) is 1. The summed E-state index contributed by atoms with van der Waals surface area (Å²) in [4.78, 5) is 29.4. The molecular weight excluding hydrogens is 432 g/mol. The zero-order valence-electron chi connectivity index (χ0n) is 19.4. The lowest BCUT2D eigenvalue weighted by Crippen LogP contribution is -2.42. The summed E-state index contributed by atoms with van der Waals surface area (Å²) in [5, 5.41) is 12.7. The summed E-state index contributed by atoms with van der Waals surface area (Å²) in [6.45, 7) is 3.44. The molecule has 1 heterocycles. The summed E-state index contributed by atoms with van der Waals surface area (Å²) in [5.41, 5.74) is 1.76. The maximum Gasteiger partial charge on any atom is 0.328 e. The topological polar surface area (TPSA) is 97.8 Å². The first-order chi connectivity index (χ1) is 16.4. The molecule has 0 saturated heterocycles. The van der Waals surface area contributed by atoms with Crippen LogP contribution in [0.15, 0.2) is 72.9 Å². The van der Waals surface area contributed by atoms with Gasteiger partial charge < -0.3 is 19.9 Å². The fourth-order valence-corrected chi connectivity index (χ4v) is 4.60. The van der Waals surface area contributed by atoms with Crippen molar-refractivity contribution < 1.29 is 24.2 Å². The van der Waals surface area contributed by atoms with Gasteiger partial charge in [0.05, 0.1) is 7.11 Å². The Labute approximate surface area is 198 Å². The Kier molecular flexibility index (Phi) is 6.54. The smallest absolute Gasteiger partial charge is 0.328 e. The Morgan fingerprint density at radius 1 is 1.06 bits per heavy atom. The molecule has 3 aromatic rings. The van der Waals surface area contributed by atoms with E-state index in [1.165, 1.54) is 24.9 Å². The van der Waals surface area contributed by atoms with Crippen molar-refractivity contribution in [2.24, 2.45) is 0 Å². The van der Waals surface area contributed by atoms with Crippen molar-refractivity contribution in [2.45, 2.75) is 43.7 Å². The predicted octanol–water partition coefficient (Wildman–Crippen LogP) is 3.97. The molecule has 1 amide bonds. The third-order valence-electron chi connectivity index (χ3n) is 6.56. The van der Waals surface area contributed by atoms with Crippen LogP contribution in [-0.2, 0) is 14.9 Å². The summed E-state index contributed by atoms with van der Waals surface area (Å²) in [7, 11) is 1.38. The lowest BCUT2D eigenvalue weighted by molar-refractivity contribution is -0.151. The molecule has 1 aliphatic rings. The first-order valence-electron chi connectivity index (χ1n) is 11.2. The van der Waals surface area contributed by atoms with E-state index in [1.807, 2.05) is 43.3 Å². The van der Waals surface area contributed by atoms with Gasteiger partial charge >= 0.3 is 5.97 Å². The predicted molar refractivity (Wildman–Crippen MR) is 127 cm³/mol. The van der Waals surface area contributed by atoms with Gasteiger partial charge in [0, 0.05) is 17.7 Å². The molecule has 1 aliphatic carbocycles. The van der Waals surface area contributed by atoms with Gasteiger partial charge in [0.15, 0.2) is 17.2 Å². The third kappa shape index (κ3) is 4.33. The van der Waals surface area contributed by atoms with E-state index in [4.69, 9.17) is 9.47 Å². The second-order valence-corrected chi connectivity index (χ2v) is 8.56. The molecule has 2 N–H and O–H groups in total. The molecule has 1 aromatic heterocycles. The zero-order chi connectivity index (χ0) is 24.3. The highest BCUT2D eigenvalue weighted by Gasteiger charge is 2.60. The van der Waals surface area contributed by atoms with Gasteiger partial charge in [-0.1, -0.05) is 60.7 Å². The van der Waals surface area contributed by atoms with Gasteiger partial charge in [-0.3, -0.25) is 4.79 Å². The van der Waals surface area contributed by atoms with Crippen molar-refractivity contribution >= 4 is 11.9 Å². The highest BCUT2D eigenvalue weighted by molar-refractivity contribution is 5.97. The van der Waals surface area contributed by atoms with Crippen LogP contribution in [0.2, 0.25) is 0 Å². The number of aromatic nitrogens is 1. The van der Waals surface area contributed by atoms with Crippen LogP contribution < -0.4 is 10.1 Å². The van der Waals surface area contributed by atoms with Gasteiger partial charge in [0.1, 0.15) is 12.1 Å². The number of amides is 1. The normalized spacial score (nSPS) is 20.6. The van der Waals surface area contributed by atoms with Gasteiger partial charge in [0.25, 0.3) is 5.91 Å². The van der Waals surface area contributed by atoms with E-state index in [0.717, 1.165) is 12.0 Å². The number of carbonyl (C=O) groups excluding carboxylic acids is 2. The number of hydrogen-bond donors (Lipinski definition) is 2. The van der Waals surface area contributed by atoms with Gasteiger partial charge in [0.2, 0.25) is 0 Å². The molecule has 1 saturated carbocycles. The minimum absolute atomic E-state index is 0.120. The van der Waals surface area contributed by atoms with Crippen molar-refractivity contribution in [3.05, 3.63) is 89.7 Å². The molecule has 4 atom stereocenters. The molecule has 7 nitrogen and oxygen atoms in total. The summed E-state index contributed by atoms with van der Waals surface area (Å²) < 4.78 is 10.9. The molecule has 2 aromatic carbocycles. The molecular formula is C27H28N2O5. The summed E-state index contributed by atoms with van der Waals surface area (Å²) >= 11 is 0. The number of hydrogen-bond acceptors (Lipinski definition) is 6. The Hall–Kier alpha value is -3.87. The number of pyridine rings is 1. The monoisotopic (exact) mass is 460 g/mol. The van der Waals surface area contributed by atoms with Gasteiger partial charge in [-0.2, -0.15) is 0 Å². The van der Waals surface area contributed by atoms with Gasteiger partial charge in [-0.15, -0.1) is 0 Å². The maximum absolute atomic E-state index is 12.9. The lowest BCUT2D eigenvalue weighted by atomic mass is 9.86. The Morgan fingerprint density at radius 2 is 1.71 bits per heavy atom. The minimum Gasteiger partial charge on any atom is -0.503 e. The van der Waals surface area contributed by atoms with Crippen molar-refractivity contribution in [1.82, 2.24) is 10.3 Å². The van der Waals surface area contributed by atoms with Crippen molar-refractivity contribution in [2.75, 3.05) is 7.11 Å². The van der Waals surface area contributed by atoms with Crippen molar-refractivity contribution in [1.29, 1.82) is 0 Å². The molecule has 4 unspecified atom stereocenters. The first kappa shape index (κ1) is 23.3. The number of rotatable bonds is 8. The summed E-state index contributed by atoms with van der Waals surface area (Å²) in [6.07, 6.45) is 1.78.